The molecule has 4 heteroatoms. The van der Waals surface area contributed by atoms with Crippen molar-refractivity contribution in [1.29, 1.82) is 0 Å². The number of aryl methyl sites for hydroxylation is 1. The summed E-state index contributed by atoms with van der Waals surface area (Å²) in [5.41, 5.74) is 0. The molecule has 0 amide bonds. The van der Waals surface area contributed by atoms with Gasteiger partial charge in [0.05, 0.1) is 0 Å². The Morgan fingerprint density at radius 3 is 3.20 bits per heavy atom. The van der Waals surface area contributed by atoms with Crippen molar-refractivity contribution >= 4 is 12.1 Å². The van der Waals surface area contributed by atoms with Crippen LogP contribution in [0.1, 0.15) is 18.7 Å². The smallest absolute Gasteiger partial charge is 0.132 e. The summed E-state index contributed by atoms with van der Waals surface area (Å²) >= 11 is 0. The third kappa shape index (κ3) is 2.32. The van der Waals surface area contributed by atoms with Crippen LogP contribution in [-0.2, 0) is 4.79 Å². The first-order valence-corrected chi connectivity index (χ1v) is 5.29. The predicted molar refractivity (Wildman–Crippen MR) is 57.8 cm³/mol. The molecule has 1 aromatic heterocycles. The molecule has 1 aromatic rings. The maximum Gasteiger partial charge on any atom is 0.132 e. The van der Waals surface area contributed by atoms with Gasteiger partial charge in [0.15, 0.2) is 0 Å². The number of carbonyl (C=O) groups excluding carboxylic acids is 1. The summed E-state index contributed by atoms with van der Waals surface area (Å²) in [5.74, 6) is 1.88. The second-order valence-corrected chi connectivity index (χ2v) is 3.95. The second-order valence-electron chi connectivity index (χ2n) is 3.95. The Kier molecular flexibility index (Phi) is 2.94. The molecule has 0 bridgehead atoms. The van der Waals surface area contributed by atoms with E-state index < -0.39 is 0 Å². The first-order chi connectivity index (χ1) is 7.29. The number of piperidine rings is 1. The van der Waals surface area contributed by atoms with Gasteiger partial charge in [-0.25, -0.2) is 9.97 Å². The Bertz CT molecular complexity index is 353. The molecule has 0 aromatic carbocycles. The molecule has 0 spiro atoms. The number of aldehydes is 1. The van der Waals surface area contributed by atoms with Gasteiger partial charge in [0.25, 0.3) is 0 Å². The fourth-order valence-electron chi connectivity index (χ4n) is 1.95. The third-order valence-electron chi connectivity index (χ3n) is 2.74. The number of aromatic nitrogens is 2. The van der Waals surface area contributed by atoms with Gasteiger partial charge in [0.1, 0.15) is 17.9 Å². The number of hydrogen-bond donors (Lipinski definition) is 0. The standard InChI is InChI=1S/C11H15N3O/c1-9-12-5-4-11(13-9)14-6-2-3-10(7-14)8-15/h4-5,8,10H,2-3,6-7H2,1H3. The maximum atomic E-state index is 10.7. The summed E-state index contributed by atoms with van der Waals surface area (Å²) in [4.78, 5) is 21.3. The van der Waals surface area contributed by atoms with Crippen molar-refractivity contribution < 1.29 is 4.79 Å². The molecule has 0 saturated carbocycles. The summed E-state index contributed by atoms with van der Waals surface area (Å²) in [6.45, 7) is 3.66. The van der Waals surface area contributed by atoms with Crippen LogP contribution in [0.3, 0.4) is 0 Å². The summed E-state index contributed by atoms with van der Waals surface area (Å²) < 4.78 is 0. The van der Waals surface area contributed by atoms with Gasteiger partial charge in [-0.2, -0.15) is 0 Å². The van der Waals surface area contributed by atoms with Crippen LogP contribution in [0, 0.1) is 12.8 Å². The number of hydrogen-bond acceptors (Lipinski definition) is 4. The molecule has 4 nitrogen and oxygen atoms in total. The summed E-state index contributed by atoms with van der Waals surface area (Å²) in [6, 6.07) is 1.90. The molecule has 1 aliphatic heterocycles. The minimum atomic E-state index is 0.161. The van der Waals surface area contributed by atoms with E-state index in [1.165, 1.54) is 0 Å². The van der Waals surface area contributed by atoms with E-state index in [-0.39, 0.29) is 5.92 Å². The van der Waals surface area contributed by atoms with Crippen molar-refractivity contribution in [2.24, 2.45) is 5.92 Å². The van der Waals surface area contributed by atoms with E-state index in [9.17, 15) is 4.79 Å². The zero-order valence-electron chi connectivity index (χ0n) is 8.89. The molecule has 1 saturated heterocycles. The highest BCUT2D eigenvalue weighted by Crippen LogP contribution is 2.19. The lowest BCUT2D eigenvalue weighted by atomic mass is 10.00. The minimum absolute atomic E-state index is 0.161. The van der Waals surface area contributed by atoms with Gasteiger partial charge in [-0.1, -0.05) is 0 Å². The number of carbonyl (C=O) groups is 1. The Morgan fingerprint density at radius 1 is 1.60 bits per heavy atom. The summed E-state index contributed by atoms with van der Waals surface area (Å²) in [6.07, 6.45) is 4.89. The van der Waals surface area contributed by atoms with Crippen LogP contribution in [0.25, 0.3) is 0 Å². The average molecular weight is 205 g/mol. The van der Waals surface area contributed by atoms with Crippen LogP contribution in [-0.4, -0.2) is 29.3 Å². The molecular weight excluding hydrogens is 190 g/mol. The lowest BCUT2D eigenvalue weighted by Gasteiger charge is -2.31. The van der Waals surface area contributed by atoms with E-state index >= 15 is 0 Å². The Morgan fingerprint density at radius 2 is 2.47 bits per heavy atom. The molecule has 0 N–H and O–H groups in total. The molecule has 15 heavy (non-hydrogen) atoms. The normalized spacial score (nSPS) is 21.4. The zero-order valence-corrected chi connectivity index (χ0v) is 8.89. The molecule has 1 atom stereocenters. The van der Waals surface area contributed by atoms with Gasteiger partial charge in [0, 0.05) is 25.2 Å². The van der Waals surface area contributed by atoms with Crippen LogP contribution >= 0.6 is 0 Å². The molecule has 1 unspecified atom stereocenters. The van der Waals surface area contributed by atoms with Crippen molar-refractivity contribution in [3.8, 4) is 0 Å². The van der Waals surface area contributed by atoms with Crippen molar-refractivity contribution in [2.45, 2.75) is 19.8 Å². The average Bonchev–Trinajstić information content (AvgIpc) is 2.29. The van der Waals surface area contributed by atoms with Gasteiger partial charge in [0.2, 0.25) is 0 Å². The Balaban J connectivity index is 2.13. The molecule has 80 valence electrons. The SMILES string of the molecule is Cc1nccc(N2CCCC(C=O)C2)n1. The first kappa shape index (κ1) is 10.1. The van der Waals surface area contributed by atoms with Crippen molar-refractivity contribution in [3.63, 3.8) is 0 Å². The van der Waals surface area contributed by atoms with Crippen LogP contribution in [0.15, 0.2) is 12.3 Å². The van der Waals surface area contributed by atoms with Crippen LogP contribution in [0.5, 0.6) is 0 Å². The van der Waals surface area contributed by atoms with Gasteiger partial charge < -0.3 is 9.69 Å². The fourth-order valence-corrected chi connectivity index (χ4v) is 1.95. The van der Waals surface area contributed by atoms with E-state index in [1.807, 2.05) is 13.0 Å². The van der Waals surface area contributed by atoms with Crippen molar-refractivity contribution in [3.05, 3.63) is 18.1 Å². The van der Waals surface area contributed by atoms with Crippen LogP contribution < -0.4 is 4.90 Å². The monoisotopic (exact) mass is 205 g/mol. The Hall–Kier alpha value is -1.45. The topological polar surface area (TPSA) is 46.1 Å². The lowest BCUT2D eigenvalue weighted by Crippen LogP contribution is -2.36. The highest BCUT2D eigenvalue weighted by molar-refractivity contribution is 5.56. The number of anilines is 1. The Labute approximate surface area is 89.3 Å². The third-order valence-corrected chi connectivity index (χ3v) is 2.74. The van der Waals surface area contributed by atoms with E-state index in [1.54, 1.807) is 6.20 Å². The highest BCUT2D eigenvalue weighted by atomic mass is 16.1. The quantitative estimate of drug-likeness (QED) is 0.681. The highest BCUT2D eigenvalue weighted by Gasteiger charge is 2.20. The van der Waals surface area contributed by atoms with E-state index in [4.69, 9.17) is 0 Å². The number of rotatable bonds is 2. The molecule has 1 fully saturated rings. The van der Waals surface area contributed by atoms with Crippen LogP contribution in [0.2, 0.25) is 0 Å². The molecule has 0 radical (unpaired) electrons. The lowest BCUT2D eigenvalue weighted by molar-refractivity contribution is -0.111. The fraction of sp³-hybridized carbons (Fsp3) is 0.545. The first-order valence-electron chi connectivity index (χ1n) is 5.29. The van der Waals surface area contributed by atoms with E-state index in [0.717, 1.165) is 43.9 Å². The van der Waals surface area contributed by atoms with Gasteiger partial charge in [-0.3, -0.25) is 0 Å². The molecule has 2 heterocycles. The van der Waals surface area contributed by atoms with Gasteiger partial charge in [-0.05, 0) is 25.8 Å². The van der Waals surface area contributed by atoms with Gasteiger partial charge in [-0.15, -0.1) is 0 Å². The van der Waals surface area contributed by atoms with E-state index in [0.29, 0.717) is 0 Å². The predicted octanol–water partition coefficient (Wildman–Crippen LogP) is 1.20. The van der Waals surface area contributed by atoms with Crippen molar-refractivity contribution in [1.82, 2.24) is 9.97 Å². The van der Waals surface area contributed by atoms with Crippen LogP contribution in [0.4, 0.5) is 5.82 Å². The van der Waals surface area contributed by atoms with Crippen molar-refractivity contribution in [2.75, 3.05) is 18.0 Å². The van der Waals surface area contributed by atoms with E-state index in [2.05, 4.69) is 14.9 Å². The number of nitrogens with zero attached hydrogens (tertiary/aromatic N) is 3. The second kappa shape index (κ2) is 4.38. The largest absolute Gasteiger partial charge is 0.356 e. The minimum Gasteiger partial charge on any atom is -0.356 e. The molecule has 1 aliphatic rings. The summed E-state index contributed by atoms with van der Waals surface area (Å²) in [5, 5.41) is 0. The molecular formula is C11H15N3O. The van der Waals surface area contributed by atoms with Gasteiger partial charge >= 0.3 is 0 Å². The maximum absolute atomic E-state index is 10.7. The zero-order chi connectivity index (χ0) is 10.7. The molecule has 0 aliphatic carbocycles. The molecule has 2 rings (SSSR count). The summed E-state index contributed by atoms with van der Waals surface area (Å²) in [7, 11) is 0.